The molecule has 2 aliphatic rings. The Morgan fingerprint density at radius 1 is 1.40 bits per heavy atom. The first kappa shape index (κ1) is 22.3. The Labute approximate surface area is 183 Å². The lowest BCUT2D eigenvalue weighted by Crippen LogP contribution is -2.46. The molecule has 1 atom stereocenters. The van der Waals surface area contributed by atoms with Crippen molar-refractivity contribution in [2.75, 3.05) is 25.0 Å². The number of amides is 1. The molecule has 1 aromatic carbocycles. The third-order valence-electron chi connectivity index (χ3n) is 5.11. The predicted octanol–water partition coefficient (Wildman–Crippen LogP) is 3.65. The maximum absolute atomic E-state index is 13.4. The first-order chi connectivity index (χ1) is 14.3. The van der Waals surface area contributed by atoms with Crippen LogP contribution in [0, 0.1) is 0 Å². The van der Waals surface area contributed by atoms with Gasteiger partial charge in [0.1, 0.15) is 10.9 Å². The van der Waals surface area contributed by atoms with E-state index in [4.69, 9.17) is 11.6 Å². The number of hydrogen-bond donors (Lipinski definition) is 2. The van der Waals surface area contributed by atoms with Crippen molar-refractivity contribution in [3.05, 3.63) is 65.3 Å². The summed E-state index contributed by atoms with van der Waals surface area (Å²) in [5.74, 6) is -0.291. The number of allylic oxidation sites excluding steroid dienone is 4. The number of hydrogen-bond acceptors (Lipinski definition) is 4. The van der Waals surface area contributed by atoms with Crippen molar-refractivity contribution >= 4 is 39.3 Å². The van der Waals surface area contributed by atoms with Gasteiger partial charge in [-0.1, -0.05) is 60.2 Å². The first-order valence-corrected chi connectivity index (χ1v) is 11.6. The van der Waals surface area contributed by atoms with Crippen LogP contribution in [0.25, 0.3) is 6.08 Å². The summed E-state index contributed by atoms with van der Waals surface area (Å²) >= 11 is 5.88. The Bertz CT molecular complexity index is 1030. The van der Waals surface area contributed by atoms with Gasteiger partial charge in [0.2, 0.25) is 15.9 Å². The van der Waals surface area contributed by atoms with Crippen LogP contribution >= 0.6 is 11.6 Å². The minimum absolute atomic E-state index is 0.212. The molecule has 160 valence electrons. The Morgan fingerprint density at radius 3 is 2.97 bits per heavy atom. The lowest BCUT2D eigenvalue weighted by molar-refractivity contribution is -0.124. The van der Waals surface area contributed by atoms with Crippen molar-refractivity contribution in [3.63, 3.8) is 0 Å². The Kier molecular flexibility index (Phi) is 7.18. The molecule has 1 amide bonds. The van der Waals surface area contributed by atoms with E-state index in [1.807, 2.05) is 25.1 Å². The highest BCUT2D eigenvalue weighted by Crippen LogP contribution is 2.34. The van der Waals surface area contributed by atoms with Gasteiger partial charge < -0.3 is 10.6 Å². The average molecular weight is 448 g/mol. The van der Waals surface area contributed by atoms with Gasteiger partial charge in [0.15, 0.2) is 0 Å². The van der Waals surface area contributed by atoms with Crippen LogP contribution in [0.5, 0.6) is 0 Å². The van der Waals surface area contributed by atoms with Crippen molar-refractivity contribution in [3.8, 4) is 0 Å². The van der Waals surface area contributed by atoms with Gasteiger partial charge in [-0.3, -0.25) is 4.79 Å². The summed E-state index contributed by atoms with van der Waals surface area (Å²) < 4.78 is 28.1. The third-order valence-corrected chi connectivity index (χ3v) is 7.34. The van der Waals surface area contributed by atoms with E-state index in [1.165, 1.54) is 10.4 Å². The number of anilines is 1. The largest absolute Gasteiger partial charge is 0.380 e. The summed E-state index contributed by atoms with van der Waals surface area (Å²) in [5.41, 5.74) is 2.31. The maximum Gasteiger partial charge on any atom is 0.245 e. The summed E-state index contributed by atoms with van der Waals surface area (Å²) in [6.07, 6.45) is 10.0. The molecule has 2 aliphatic heterocycles. The van der Waals surface area contributed by atoms with Gasteiger partial charge >= 0.3 is 0 Å². The highest BCUT2D eigenvalue weighted by Gasteiger charge is 2.40. The van der Waals surface area contributed by atoms with Gasteiger partial charge in [-0.15, -0.1) is 0 Å². The number of fused-ring (bicyclic) bond motifs is 1. The number of halogens is 1. The number of para-hydroxylation sites is 1. The molecular formula is C22H26ClN3O3S. The zero-order chi connectivity index (χ0) is 21.7. The number of carbonyl (C=O) groups excluding carboxylic acids is 1. The Hall–Kier alpha value is -2.35. The summed E-state index contributed by atoms with van der Waals surface area (Å²) in [6.45, 7) is 6.65. The summed E-state index contributed by atoms with van der Waals surface area (Å²) in [5, 5.41) is 6.50. The topological polar surface area (TPSA) is 78.5 Å². The third kappa shape index (κ3) is 4.86. The molecule has 0 aliphatic carbocycles. The van der Waals surface area contributed by atoms with Gasteiger partial charge in [0, 0.05) is 24.7 Å². The molecule has 2 N–H and O–H groups in total. The molecule has 0 spiro atoms. The maximum atomic E-state index is 13.4. The fraction of sp³-hybridized carbons (Fsp3) is 0.318. The van der Waals surface area contributed by atoms with Gasteiger partial charge in [-0.2, -0.15) is 4.31 Å². The monoisotopic (exact) mass is 447 g/mol. The molecule has 1 saturated heterocycles. The van der Waals surface area contributed by atoms with Crippen molar-refractivity contribution in [2.45, 2.75) is 30.7 Å². The lowest BCUT2D eigenvalue weighted by atomic mass is 10.1. The molecule has 1 fully saturated rings. The van der Waals surface area contributed by atoms with Gasteiger partial charge in [0.05, 0.1) is 5.69 Å². The number of nitrogens with one attached hydrogen (secondary N) is 2. The van der Waals surface area contributed by atoms with Crippen LogP contribution in [0.15, 0.2) is 64.6 Å². The zero-order valence-corrected chi connectivity index (χ0v) is 18.5. The number of benzene rings is 1. The van der Waals surface area contributed by atoms with Crippen molar-refractivity contribution < 1.29 is 13.2 Å². The van der Waals surface area contributed by atoms with E-state index in [9.17, 15) is 13.2 Å². The minimum Gasteiger partial charge on any atom is -0.380 e. The minimum atomic E-state index is -3.81. The Balaban J connectivity index is 1.76. The first-order valence-electron chi connectivity index (χ1n) is 9.83. The average Bonchev–Trinajstić information content (AvgIpc) is 3.26. The SMILES string of the molecule is C=C/C(Cl)=C\C=C(/C)CNC(=O)[C@@H]1CCCN1S(=O)(=O)c1cccc2c1NCC=C2. The second-order valence-electron chi connectivity index (χ2n) is 7.26. The van der Waals surface area contributed by atoms with E-state index in [-0.39, 0.29) is 10.8 Å². The van der Waals surface area contributed by atoms with Crippen LogP contribution in [-0.4, -0.2) is 44.3 Å². The van der Waals surface area contributed by atoms with E-state index in [2.05, 4.69) is 17.2 Å². The molecule has 0 aromatic heterocycles. The van der Waals surface area contributed by atoms with E-state index >= 15 is 0 Å². The molecule has 0 unspecified atom stereocenters. The zero-order valence-electron chi connectivity index (χ0n) is 16.9. The van der Waals surface area contributed by atoms with Crippen LogP contribution in [0.1, 0.15) is 25.3 Å². The van der Waals surface area contributed by atoms with E-state index in [0.29, 0.717) is 43.2 Å². The molecule has 8 heteroatoms. The van der Waals surface area contributed by atoms with Gasteiger partial charge in [-0.25, -0.2) is 8.42 Å². The summed E-state index contributed by atoms with van der Waals surface area (Å²) in [4.78, 5) is 13.0. The van der Waals surface area contributed by atoms with E-state index < -0.39 is 16.1 Å². The normalized spacial score (nSPS) is 19.9. The number of carbonyl (C=O) groups is 1. The van der Waals surface area contributed by atoms with Crippen molar-refractivity contribution in [1.82, 2.24) is 9.62 Å². The Morgan fingerprint density at radius 2 is 2.20 bits per heavy atom. The highest BCUT2D eigenvalue weighted by molar-refractivity contribution is 7.89. The molecule has 6 nitrogen and oxygen atoms in total. The van der Waals surface area contributed by atoms with E-state index in [1.54, 1.807) is 24.3 Å². The fourth-order valence-electron chi connectivity index (χ4n) is 3.55. The fourth-order valence-corrected chi connectivity index (χ4v) is 5.47. The van der Waals surface area contributed by atoms with Crippen molar-refractivity contribution in [1.29, 1.82) is 0 Å². The second kappa shape index (κ2) is 9.64. The molecular weight excluding hydrogens is 422 g/mol. The van der Waals surface area contributed by atoms with Crippen molar-refractivity contribution in [2.24, 2.45) is 0 Å². The standard InChI is InChI=1S/C22H26ClN3O3S/c1-3-18(23)12-11-16(2)15-25-22(27)19-9-6-14-26(19)30(28,29)20-10-4-7-17-8-5-13-24-21(17)20/h3-5,7-8,10-12,19,24H,1,6,9,13-15H2,2H3,(H,25,27)/b16-11+,18-12+/t19-/m0/s1. The second-order valence-corrected chi connectivity index (χ2v) is 9.56. The molecule has 1 aromatic rings. The molecule has 0 bridgehead atoms. The summed E-state index contributed by atoms with van der Waals surface area (Å²) in [6, 6.07) is 4.47. The molecule has 0 saturated carbocycles. The number of sulfonamides is 1. The number of nitrogens with zero attached hydrogens (tertiary/aromatic N) is 1. The van der Waals surface area contributed by atoms with Gasteiger partial charge in [0.25, 0.3) is 0 Å². The number of rotatable bonds is 7. The summed E-state index contributed by atoms with van der Waals surface area (Å²) in [7, 11) is -3.81. The van der Waals surface area contributed by atoms with Crippen LogP contribution < -0.4 is 10.6 Å². The highest BCUT2D eigenvalue weighted by atomic mass is 35.5. The molecule has 2 heterocycles. The molecule has 3 rings (SSSR count). The van der Waals surface area contributed by atoms with E-state index in [0.717, 1.165) is 11.1 Å². The van der Waals surface area contributed by atoms with Gasteiger partial charge in [-0.05, 0) is 37.5 Å². The quantitative estimate of drug-likeness (QED) is 0.625. The lowest BCUT2D eigenvalue weighted by Gasteiger charge is -2.26. The van der Waals surface area contributed by atoms with Crippen LogP contribution in [0.2, 0.25) is 0 Å². The smallest absolute Gasteiger partial charge is 0.245 e. The molecule has 30 heavy (non-hydrogen) atoms. The van der Waals surface area contributed by atoms with Crippen LogP contribution in [-0.2, 0) is 14.8 Å². The van der Waals surface area contributed by atoms with Crippen LogP contribution in [0.3, 0.4) is 0 Å². The predicted molar refractivity (Wildman–Crippen MR) is 122 cm³/mol. The van der Waals surface area contributed by atoms with Crippen LogP contribution in [0.4, 0.5) is 5.69 Å². The molecule has 0 radical (unpaired) electrons.